The van der Waals surface area contributed by atoms with Gasteiger partial charge < -0.3 is 20.1 Å². The minimum atomic E-state index is -4.87. The SMILES string of the molecule is COc1cc(CC(=O)Nc2ccc(CCCCc3nnc(NC(=O)Cc4ccccn4)s3)nn2)cc(OC(F)(F)F)c1. The Kier molecular flexibility index (Phi) is 10.3. The van der Waals surface area contributed by atoms with Gasteiger partial charge in [0.15, 0.2) is 5.82 Å². The Morgan fingerprint density at radius 3 is 2.36 bits per heavy atom. The van der Waals surface area contributed by atoms with Crippen LogP contribution in [-0.2, 0) is 35.3 Å². The van der Waals surface area contributed by atoms with Gasteiger partial charge in [-0.25, -0.2) is 0 Å². The van der Waals surface area contributed by atoms with Crippen LogP contribution >= 0.6 is 11.3 Å². The van der Waals surface area contributed by atoms with Crippen molar-refractivity contribution in [3.05, 3.63) is 76.7 Å². The van der Waals surface area contributed by atoms with Crippen molar-refractivity contribution in [2.24, 2.45) is 0 Å². The smallest absolute Gasteiger partial charge is 0.497 e. The van der Waals surface area contributed by atoms with Crippen LogP contribution in [0.25, 0.3) is 0 Å². The number of halogens is 3. The molecule has 0 spiro atoms. The number of aryl methyl sites for hydroxylation is 2. The number of nitrogens with one attached hydrogen (secondary N) is 2. The molecule has 3 aromatic heterocycles. The summed E-state index contributed by atoms with van der Waals surface area (Å²) in [5, 5.41) is 22.9. The van der Waals surface area contributed by atoms with E-state index in [0.717, 1.165) is 35.7 Å². The first-order valence-corrected chi connectivity index (χ1v) is 13.5. The Morgan fingerprint density at radius 2 is 1.64 bits per heavy atom. The van der Waals surface area contributed by atoms with E-state index in [9.17, 15) is 22.8 Å². The van der Waals surface area contributed by atoms with Crippen LogP contribution in [0.5, 0.6) is 11.5 Å². The summed E-state index contributed by atoms with van der Waals surface area (Å²) >= 11 is 1.32. The molecular formula is C27H26F3N7O4S. The lowest BCUT2D eigenvalue weighted by atomic mass is 10.1. The average Bonchev–Trinajstić information content (AvgIpc) is 3.38. The molecule has 220 valence electrons. The lowest BCUT2D eigenvalue weighted by Crippen LogP contribution is -2.18. The van der Waals surface area contributed by atoms with Crippen molar-refractivity contribution < 1.29 is 32.2 Å². The quantitative estimate of drug-likeness (QED) is 0.211. The molecule has 4 aromatic rings. The van der Waals surface area contributed by atoms with Crippen LogP contribution in [0.3, 0.4) is 0 Å². The third-order valence-electron chi connectivity index (χ3n) is 5.62. The highest BCUT2D eigenvalue weighted by molar-refractivity contribution is 7.15. The molecule has 0 atom stereocenters. The van der Waals surface area contributed by atoms with Gasteiger partial charge in [0, 0.05) is 24.4 Å². The zero-order valence-corrected chi connectivity index (χ0v) is 23.2. The molecular weight excluding hydrogens is 575 g/mol. The second-order valence-electron chi connectivity index (χ2n) is 8.95. The summed E-state index contributed by atoms with van der Waals surface area (Å²) in [5.74, 6) is -0.848. The van der Waals surface area contributed by atoms with Crippen LogP contribution in [0.1, 0.15) is 34.8 Å². The number of carbonyl (C=O) groups is 2. The van der Waals surface area contributed by atoms with Crippen molar-refractivity contribution in [2.45, 2.75) is 44.9 Å². The second kappa shape index (κ2) is 14.3. The average molecular weight is 602 g/mol. The lowest BCUT2D eigenvalue weighted by molar-refractivity contribution is -0.274. The molecule has 2 amide bonds. The summed E-state index contributed by atoms with van der Waals surface area (Å²) in [5.41, 5.74) is 1.67. The number of carbonyl (C=O) groups excluding carboxylic acids is 2. The molecule has 0 radical (unpaired) electrons. The van der Waals surface area contributed by atoms with Crippen molar-refractivity contribution in [1.82, 2.24) is 25.4 Å². The van der Waals surface area contributed by atoms with E-state index in [1.165, 1.54) is 24.5 Å². The summed E-state index contributed by atoms with van der Waals surface area (Å²) in [6.45, 7) is 0. The van der Waals surface area contributed by atoms with E-state index in [4.69, 9.17) is 4.74 Å². The molecule has 1 aromatic carbocycles. The molecule has 2 N–H and O–H groups in total. The van der Waals surface area contributed by atoms with Gasteiger partial charge in [-0.3, -0.25) is 14.6 Å². The molecule has 42 heavy (non-hydrogen) atoms. The Morgan fingerprint density at radius 1 is 0.857 bits per heavy atom. The highest BCUT2D eigenvalue weighted by Gasteiger charge is 2.31. The van der Waals surface area contributed by atoms with E-state index >= 15 is 0 Å². The molecule has 4 rings (SSSR count). The van der Waals surface area contributed by atoms with Crippen molar-refractivity contribution in [3.63, 3.8) is 0 Å². The number of nitrogens with zero attached hydrogens (tertiary/aromatic N) is 5. The zero-order valence-electron chi connectivity index (χ0n) is 22.3. The molecule has 0 saturated heterocycles. The Hall–Kier alpha value is -4.66. The minimum Gasteiger partial charge on any atom is -0.497 e. The topological polar surface area (TPSA) is 141 Å². The molecule has 11 nitrogen and oxygen atoms in total. The van der Waals surface area contributed by atoms with Crippen LogP contribution < -0.4 is 20.1 Å². The zero-order chi connectivity index (χ0) is 30.0. The van der Waals surface area contributed by atoms with Crippen LogP contribution in [0, 0.1) is 0 Å². The van der Waals surface area contributed by atoms with Gasteiger partial charge in [-0.15, -0.1) is 28.5 Å². The van der Waals surface area contributed by atoms with Crippen LogP contribution in [-0.4, -0.2) is 50.7 Å². The van der Waals surface area contributed by atoms with Crippen LogP contribution in [0.2, 0.25) is 0 Å². The maximum Gasteiger partial charge on any atom is 0.573 e. The van der Waals surface area contributed by atoms with Crippen molar-refractivity contribution in [2.75, 3.05) is 17.7 Å². The number of ether oxygens (including phenoxy) is 2. The van der Waals surface area contributed by atoms with Crippen LogP contribution in [0.15, 0.2) is 54.7 Å². The molecule has 3 heterocycles. The number of amides is 2. The van der Waals surface area contributed by atoms with Crippen molar-refractivity contribution in [3.8, 4) is 11.5 Å². The van der Waals surface area contributed by atoms with Gasteiger partial charge in [0.2, 0.25) is 16.9 Å². The largest absolute Gasteiger partial charge is 0.573 e. The van der Waals surface area contributed by atoms with Gasteiger partial charge in [-0.2, -0.15) is 5.10 Å². The van der Waals surface area contributed by atoms with E-state index < -0.39 is 18.0 Å². The number of hydrogen-bond acceptors (Lipinski definition) is 10. The lowest BCUT2D eigenvalue weighted by Gasteiger charge is -2.12. The number of benzene rings is 1. The molecule has 15 heteroatoms. The number of methoxy groups -OCH3 is 1. The highest BCUT2D eigenvalue weighted by Crippen LogP contribution is 2.28. The summed E-state index contributed by atoms with van der Waals surface area (Å²) in [4.78, 5) is 28.7. The van der Waals surface area contributed by atoms with E-state index in [0.29, 0.717) is 23.7 Å². The minimum absolute atomic E-state index is 0.124. The predicted octanol–water partition coefficient (Wildman–Crippen LogP) is 4.56. The van der Waals surface area contributed by atoms with E-state index in [1.807, 2.05) is 6.07 Å². The fourth-order valence-electron chi connectivity index (χ4n) is 3.79. The summed E-state index contributed by atoms with van der Waals surface area (Å²) in [7, 11) is 1.30. The molecule has 0 fully saturated rings. The second-order valence-corrected chi connectivity index (χ2v) is 10.0. The molecule has 0 aliphatic rings. The van der Waals surface area contributed by atoms with E-state index in [1.54, 1.807) is 30.5 Å². The third kappa shape index (κ3) is 10.1. The number of rotatable bonds is 13. The summed E-state index contributed by atoms with van der Waals surface area (Å²) in [6.07, 6.45) is -0.342. The first-order chi connectivity index (χ1) is 20.1. The molecule has 0 unspecified atom stereocenters. The first kappa shape index (κ1) is 30.3. The number of hydrogen-bond donors (Lipinski definition) is 2. The number of aromatic nitrogens is 5. The van der Waals surface area contributed by atoms with Gasteiger partial charge in [0.25, 0.3) is 0 Å². The molecule has 0 saturated carbocycles. The Bertz CT molecular complexity index is 1490. The predicted molar refractivity (Wildman–Crippen MR) is 147 cm³/mol. The third-order valence-corrected chi connectivity index (χ3v) is 6.51. The molecule has 0 aliphatic carbocycles. The summed E-state index contributed by atoms with van der Waals surface area (Å²) < 4.78 is 46.7. The fraction of sp³-hybridized carbons (Fsp3) is 0.296. The monoisotopic (exact) mass is 601 g/mol. The van der Waals surface area contributed by atoms with Gasteiger partial charge in [-0.05, 0) is 61.2 Å². The first-order valence-electron chi connectivity index (χ1n) is 12.7. The number of alkyl halides is 3. The summed E-state index contributed by atoms with van der Waals surface area (Å²) in [6, 6.07) is 12.4. The van der Waals surface area contributed by atoms with Crippen LogP contribution in [0.4, 0.5) is 24.1 Å². The van der Waals surface area contributed by atoms with Crippen molar-refractivity contribution in [1.29, 1.82) is 0 Å². The highest BCUT2D eigenvalue weighted by atomic mass is 32.1. The number of pyridine rings is 1. The van der Waals surface area contributed by atoms with E-state index in [2.05, 4.69) is 40.7 Å². The van der Waals surface area contributed by atoms with Crippen molar-refractivity contribution >= 4 is 34.1 Å². The molecule has 0 aliphatic heterocycles. The van der Waals surface area contributed by atoms with Gasteiger partial charge in [0.1, 0.15) is 16.5 Å². The number of unbranched alkanes of at least 4 members (excludes halogenated alkanes) is 1. The maximum absolute atomic E-state index is 12.6. The fourth-order valence-corrected chi connectivity index (χ4v) is 4.59. The van der Waals surface area contributed by atoms with Gasteiger partial charge in [0.05, 0.1) is 25.6 Å². The van der Waals surface area contributed by atoms with Gasteiger partial charge >= 0.3 is 6.36 Å². The number of anilines is 2. The Labute approximate surface area is 242 Å². The normalized spacial score (nSPS) is 11.1. The Balaban J connectivity index is 1.18. The molecule has 0 bridgehead atoms. The standard InChI is InChI=1S/C27H26F3N7O4S/c1-40-20-12-17(13-21(16-20)41-27(28,29)30)14-23(38)32-22-10-9-18(34-35-22)6-2-3-8-25-36-37-26(42-25)33-24(39)15-19-7-4-5-11-31-19/h4-5,7,9-13,16H,2-3,6,8,14-15H2,1H3,(H,32,35,38)(H,33,37,39). The van der Waals surface area contributed by atoms with Gasteiger partial charge in [-0.1, -0.05) is 17.4 Å². The van der Waals surface area contributed by atoms with E-state index in [-0.39, 0.29) is 35.9 Å². The maximum atomic E-state index is 12.6.